The molecule has 2 aliphatic heterocycles. The summed E-state index contributed by atoms with van der Waals surface area (Å²) in [5.41, 5.74) is 3.46. The molecule has 0 amide bonds. The van der Waals surface area contributed by atoms with Crippen LogP contribution in [0.1, 0.15) is 22.5 Å². The van der Waals surface area contributed by atoms with Crippen LogP contribution >= 0.6 is 11.8 Å². The first-order valence-corrected chi connectivity index (χ1v) is 10.2. The third kappa shape index (κ3) is 3.82. The van der Waals surface area contributed by atoms with Crippen molar-refractivity contribution < 1.29 is 26.7 Å². The van der Waals surface area contributed by atoms with Crippen molar-refractivity contribution in [2.75, 3.05) is 12.4 Å². The lowest BCUT2D eigenvalue weighted by atomic mass is 9.78. The summed E-state index contributed by atoms with van der Waals surface area (Å²) >= 11 is 0.937. The van der Waals surface area contributed by atoms with E-state index in [-0.39, 0.29) is 33.4 Å². The van der Waals surface area contributed by atoms with Crippen molar-refractivity contribution in [1.82, 2.24) is 9.97 Å². The SMILES string of the molecule is N#Cc1nccnc1C(F)=Cc1ccc(F)c([C@]23CO[C@H](C(F)(F)F)[C@H]2CSC(N)=N3)c1. The van der Waals surface area contributed by atoms with Crippen molar-refractivity contribution in [3.05, 3.63) is 58.9 Å². The smallest absolute Gasteiger partial charge is 0.379 e. The Hall–Kier alpha value is -3.04. The average Bonchev–Trinajstić information content (AvgIpc) is 3.15. The number of nitrogens with two attached hydrogens (primary N) is 1. The summed E-state index contributed by atoms with van der Waals surface area (Å²) in [6.45, 7) is -0.529. The van der Waals surface area contributed by atoms with E-state index < -0.39 is 42.0 Å². The van der Waals surface area contributed by atoms with Gasteiger partial charge in [0.15, 0.2) is 22.8 Å². The zero-order valence-electron chi connectivity index (χ0n) is 16.1. The van der Waals surface area contributed by atoms with Gasteiger partial charge >= 0.3 is 6.18 Å². The van der Waals surface area contributed by atoms with Gasteiger partial charge < -0.3 is 10.5 Å². The molecule has 1 fully saturated rings. The number of alkyl halides is 3. The minimum Gasteiger partial charge on any atom is -0.379 e. The van der Waals surface area contributed by atoms with Crippen LogP contribution in [0.4, 0.5) is 22.0 Å². The Morgan fingerprint density at radius 3 is 2.78 bits per heavy atom. The summed E-state index contributed by atoms with van der Waals surface area (Å²) in [5.74, 6) is -3.03. The predicted octanol–water partition coefficient (Wildman–Crippen LogP) is 3.79. The first-order valence-electron chi connectivity index (χ1n) is 9.21. The topological polar surface area (TPSA) is 97.2 Å². The summed E-state index contributed by atoms with van der Waals surface area (Å²) < 4.78 is 75.3. The lowest BCUT2D eigenvalue weighted by molar-refractivity contribution is -0.215. The molecule has 0 saturated carbocycles. The number of hydrogen-bond acceptors (Lipinski definition) is 7. The van der Waals surface area contributed by atoms with Gasteiger partial charge in [0, 0.05) is 29.6 Å². The third-order valence-corrected chi connectivity index (χ3v) is 6.20. The Morgan fingerprint density at radius 2 is 2.06 bits per heavy atom. The number of hydrogen-bond donors (Lipinski definition) is 1. The molecule has 2 N–H and O–H groups in total. The summed E-state index contributed by atoms with van der Waals surface area (Å²) in [5, 5.41) is 9.08. The number of nitrogens with zero attached hydrogens (tertiary/aromatic N) is 4. The van der Waals surface area contributed by atoms with Crippen molar-refractivity contribution >= 4 is 28.8 Å². The molecule has 1 saturated heterocycles. The van der Waals surface area contributed by atoms with E-state index in [1.165, 1.54) is 24.5 Å². The van der Waals surface area contributed by atoms with Gasteiger partial charge in [-0.2, -0.15) is 18.4 Å². The van der Waals surface area contributed by atoms with Gasteiger partial charge in [0.2, 0.25) is 0 Å². The van der Waals surface area contributed by atoms with Crippen molar-refractivity contribution in [1.29, 1.82) is 5.26 Å². The minimum atomic E-state index is -4.67. The van der Waals surface area contributed by atoms with E-state index in [1.807, 2.05) is 0 Å². The van der Waals surface area contributed by atoms with Crippen LogP contribution in [0.3, 0.4) is 0 Å². The van der Waals surface area contributed by atoms with E-state index in [4.69, 9.17) is 15.7 Å². The van der Waals surface area contributed by atoms with E-state index in [2.05, 4.69) is 15.0 Å². The number of halogens is 5. The quantitative estimate of drug-likeness (QED) is 0.690. The number of thioether (sulfide) groups is 1. The molecular formula is C20H14F5N5OS. The molecule has 0 bridgehead atoms. The Kier molecular flexibility index (Phi) is 5.64. The molecule has 1 aromatic carbocycles. The lowest BCUT2D eigenvalue weighted by Crippen LogP contribution is -2.46. The van der Waals surface area contributed by atoms with Gasteiger partial charge in [-0.1, -0.05) is 17.8 Å². The highest BCUT2D eigenvalue weighted by Crippen LogP contribution is 2.51. The molecule has 2 aliphatic rings. The fraction of sp³-hybridized carbons (Fsp3) is 0.300. The number of nitriles is 1. The maximum atomic E-state index is 14.9. The van der Waals surface area contributed by atoms with Crippen LogP contribution in [0.25, 0.3) is 11.9 Å². The summed E-state index contributed by atoms with van der Waals surface area (Å²) in [7, 11) is 0. The van der Waals surface area contributed by atoms with Crippen LogP contribution in [-0.4, -0.2) is 39.8 Å². The second kappa shape index (κ2) is 8.14. The van der Waals surface area contributed by atoms with Crippen LogP contribution < -0.4 is 5.73 Å². The fourth-order valence-electron chi connectivity index (χ4n) is 3.87. The van der Waals surface area contributed by atoms with Crippen LogP contribution in [0.5, 0.6) is 0 Å². The van der Waals surface area contributed by atoms with E-state index in [0.29, 0.717) is 0 Å². The van der Waals surface area contributed by atoms with Crippen LogP contribution in [-0.2, 0) is 10.3 Å². The van der Waals surface area contributed by atoms with E-state index in [0.717, 1.165) is 23.9 Å². The minimum absolute atomic E-state index is 0.0115. The monoisotopic (exact) mass is 467 g/mol. The molecule has 3 atom stereocenters. The van der Waals surface area contributed by atoms with E-state index >= 15 is 0 Å². The third-order valence-electron chi connectivity index (χ3n) is 5.29. The number of ether oxygens (including phenoxy) is 1. The number of fused-ring (bicyclic) bond motifs is 1. The molecule has 3 heterocycles. The van der Waals surface area contributed by atoms with Gasteiger partial charge in [-0.25, -0.2) is 23.7 Å². The van der Waals surface area contributed by atoms with Gasteiger partial charge in [0.05, 0.1) is 6.61 Å². The molecule has 12 heteroatoms. The van der Waals surface area contributed by atoms with Crippen LogP contribution in [0.15, 0.2) is 35.6 Å². The molecular weight excluding hydrogens is 453 g/mol. The molecule has 0 spiro atoms. The van der Waals surface area contributed by atoms with Crippen molar-refractivity contribution in [3.8, 4) is 6.07 Å². The van der Waals surface area contributed by atoms with Gasteiger partial charge in [0.25, 0.3) is 0 Å². The first kappa shape index (κ1) is 22.2. The normalized spacial score (nSPS) is 25.8. The second-order valence-electron chi connectivity index (χ2n) is 7.16. The lowest BCUT2D eigenvalue weighted by Gasteiger charge is -2.36. The zero-order valence-corrected chi connectivity index (χ0v) is 16.9. The Labute approximate surface area is 183 Å². The molecule has 166 valence electrons. The fourth-order valence-corrected chi connectivity index (χ4v) is 4.90. The largest absolute Gasteiger partial charge is 0.415 e. The van der Waals surface area contributed by atoms with Crippen molar-refractivity contribution in [2.24, 2.45) is 16.6 Å². The van der Waals surface area contributed by atoms with Crippen molar-refractivity contribution in [3.63, 3.8) is 0 Å². The second-order valence-corrected chi connectivity index (χ2v) is 8.20. The molecule has 4 rings (SSSR count). The number of aliphatic imine (C=N–C) groups is 1. The Morgan fingerprint density at radius 1 is 1.31 bits per heavy atom. The van der Waals surface area contributed by atoms with Gasteiger partial charge in [-0.15, -0.1) is 0 Å². The van der Waals surface area contributed by atoms with E-state index in [9.17, 15) is 22.0 Å². The highest BCUT2D eigenvalue weighted by Gasteiger charge is 2.61. The van der Waals surface area contributed by atoms with Crippen LogP contribution in [0, 0.1) is 23.1 Å². The average molecular weight is 467 g/mol. The molecule has 0 radical (unpaired) electrons. The molecule has 32 heavy (non-hydrogen) atoms. The Bertz CT molecular complexity index is 1160. The molecule has 6 nitrogen and oxygen atoms in total. The number of rotatable bonds is 3. The van der Waals surface area contributed by atoms with Crippen LogP contribution in [0.2, 0.25) is 0 Å². The molecule has 1 aromatic heterocycles. The number of amidine groups is 1. The predicted molar refractivity (Wildman–Crippen MR) is 107 cm³/mol. The number of benzene rings is 1. The highest BCUT2D eigenvalue weighted by molar-refractivity contribution is 8.13. The zero-order chi connectivity index (χ0) is 23.1. The summed E-state index contributed by atoms with van der Waals surface area (Å²) in [6.07, 6.45) is -3.39. The Balaban J connectivity index is 1.80. The van der Waals surface area contributed by atoms with E-state index in [1.54, 1.807) is 6.07 Å². The van der Waals surface area contributed by atoms with Gasteiger partial charge in [-0.3, -0.25) is 0 Å². The molecule has 0 unspecified atom stereocenters. The summed E-state index contributed by atoms with van der Waals surface area (Å²) in [4.78, 5) is 11.7. The van der Waals surface area contributed by atoms with Gasteiger partial charge in [-0.05, 0) is 23.8 Å². The number of aromatic nitrogens is 2. The molecule has 2 aromatic rings. The van der Waals surface area contributed by atoms with Crippen molar-refractivity contribution in [2.45, 2.75) is 17.8 Å². The first-order chi connectivity index (χ1) is 15.2. The highest BCUT2D eigenvalue weighted by atomic mass is 32.2. The van der Waals surface area contributed by atoms with Gasteiger partial charge in [0.1, 0.15) is 23.1 Å². The maximum Gasteiger partial charge on any atom is 0.415 e. The standard InChI is InChI=1S/C20H14F5N5OS/c21-13-2-1-10(6-14(22)16-15(7-26)28-3-4-29-16)5-11(13)19-9-31-17(20(23,24)25)12(19)8-32-18(27)30-19/h1-6,12,17H,8-9H2,(H2,27,30)/t12-,17+,19-/m1/s1. The summed E-state index contributed by atoms with van der Waals surface area (Å²) in [6, 6.07) is 5.18. The maximum absolute atomic E-state index is 14.9. The molecule has 0 aliphatic carbocycles.